The highest BCUT2D eigenvalue weighted by Crippen LogP contribution is 2.20. The number of rotatable bonds is 0. The molecule has 9 heavy (non-hydrogen) atoms. The second-order valence-corrected chi connectivity index (χ2v) is 3.20. The van der Waals surface area contributed by atoms with Gasteiger partial charge in [-0.15, -0.1) is 0 Å². The Bertz CT molecular complexity index is 81.6. The third-order valence-corrected chi connectivity index (χ3v) is 2.33. The molecule has 1 N–H and O–H groups in total. The van der Waals surface area contributed by atoms with E-state index < -0.39 is 0 Å². The van der Waals surface area contributed by atoms with E-state index in [1.54, 1.807) is 0 Å². The Kier molecular flexibility index (Phi) is 1.44. The molecule has 3 aliphatic heterocycles. The van der Waals surface area contributed by atoms with Gasteiger partial charge < -0.3 is 5.32 Å². The zero-order valence-electron chi connectivity index (χ0n) is 5.77. The molecule has 0 aromatic rings. The summed E-state index contributed by atoms with van der Waals surface area (Å²) in [6.07, 6.45) is 2.84. The third-order valence-electron chi connectivity index (χ3n) is 2.33. The maximum Gasteiger partial charge on any atom is 0.0480 e. The third kappa shape index (κ3) is 1.10. The average molecular weight is 126 g/mol. The first kappa shape index (κ1) is 5.69. The van der Waals surface area contributed by atoms with Crippen LogP contribution >= 0.6 is 0 Å². The minimum absolute atomic E-state index is 1.05. The summed E-state index contributed by atoms with van der Waals surface area (Å²) >= 11 is 0. The molecule has 3 rings (SSSR count). The molecule has 2 heteroatoms. The van der Waals surface area contributed by atoms with Gasteiger partial charge in [0.25, 0.3) is 0 Å². The van der Waals surface area contributed by atoms with Gasteiger partial charge in [-0.25, -0.2) is 0 Å². The van der Waals surface area contributed by atoms with Gasteiger partial charge in [-0.2, -0.15) is 0 Å². The summed E-state index contributed by atoms with van der Waals surface area (Å²) in [5, 5.41) is 3.40. The largest absolute Gasteiger partial charge is 0.304 e. The summed E-state index contributed by atoms with van der Waals surface area (Å²) in [5.41, 5.74) is 0. The van der Waals surface area contributed by atoms with E-state index >= 15 is 0 Å². The van der Waals surface area contributed by atoms with Gasteiger partial charge in [0.15, 0.2) is 0 Å². The summed E-state index contributed by atoms with van der Waals surface area (Å²) in [4.78, 5) is 2.48. The van der Waals surface area contributed by atoms with Crippen LogP contribution in [0, 0.1) is 5.92 Å². The van der Waals surface area contributed by atoms with E-state index in [2.05, 4.69) is 10.2 Å². The van der Waals surface area contributed by atoms with Crippen molar-refractivity contribution < 1.29 is 0 Å². The molecular formula is C7H14N2. The quantitative estimate of drug-likeness (QED) is 0.501. The number of hydrogen-bond donors (Lipinski definition) is 1. The molecule has 3 fully saturated rings. The van der Waals surface area contributed by atoms with Crippen LogP contribution < -0.4 is 5.32 Å². The summed E-state index contributed by atoms with van der Waals surface area (Å²) < 4.78 is 0. The monoisotopic (exact) mass is 126 g/mol. The summed E-state index contributed by atoms with van der Waals surface area (Å²) in [6, 6.07) is 0. The van der Waals surface area contributed by atoms with E-state index in [0.29, 0.717) is 0 Å². The van der Waals surface area contributed by atoms with Gasteiger partial charge in [-0.1, -0.05) is 0 Å². The van der Waals surface area contributed by atoms with Crippen molar-refractivity contribution in [1.82, 2.24) is 10.2 Å². The van der Waals surface area contributed by atoms with Gasteiger partial charge in [-0.3, -0.25) is 4.90 Å². The predicted octanol–water partition coefficient (Wildman–Crippen LogP) is 0.259. The molecule has 0 aliphatic carbocycles. The minimum Gasteiger partial charge on any atom is -0.304 e. The lowest BCUT2D eigenvalue weighted by atomic mass is 9.94. The SMILES string of the molecule is C1CNCN2CC(C1)C2. The number of nitrogens with one attached hydrogen (secondary N) is 1. The van der Waals surface area contributed by atoms with Gasteiger partial charge in [-0.05, 0) is 25.3 Å². The zero-order chi connectivity index (χ0) is 6.10. The standard InChI is InChI=1S/C7H14N2/c1-2-7-4-9(5-7)6-8-3-1/h7-8H,1-6H2. The van der Waals surface area contributed by atoms with E-state index in [9.17, 15) is 0 Å². The van der Waals surface area contributed by atoms with Gasteiger partial charge in [0, 0.05) is 19.8 Å². The van der Waals surface area contributed by atoms with Crippen molar-refractivity contribution >= 4 is 0 Å². The van der Waals surface area contributed by atoms with Crippen molar-refractivity contribution in [1.29, 1.82) is 0 Å². The van der Waals surface area contributed by atoms with Gasteiger partial charge >= 0.3 is 0 Å². The lowest BCUT2D eigenvalue weighted by Crippen LogP contribution is -2.52. The van der Waals surface area contributed by atoms with Crippen LogP contribution in [0.3, 0.4) is 0 Å². The first-order valence-corrected chi connectivity index (χ1v) is 3.88. The number of hydrogen-bond acceptors (Lipinski definition) is 2. The number of nitrogens with zero attached hydrogens (tertiary/aromatic N) is 1. The van der Waals surface area contributed by atoms with Gasteiger partial charge in [0.1, 0.15) is 0 Å². The topological polar surface area (TPSA) is 15.3 Å². The Morgan fingerprint density at radius 1 is 1.33 bits per heavy atom. The lowest BCUT2D eigenvalue weighted by Gasteiger charge is -2.41. The Labute approximate surface area is 56.2 Å². The van der Waals surface area contributed by atoms with Crippen LogP contribution in [0.2, 0.25) is 0 Å². The molecule has 2 nitrogen and oxygen atoms in total. The lowest BCUT2D eigenvalue weighted by molar-refractivity contribution is 0.0705. The Balaban J connectivity index is 1.85. The number of fused-ring (bicyclic) bond motifs is 4. The molecule has 0 amide bonds. The predicted molar refractivity (Wildman–Crippen MR) is 37.2 cm³/mol. The van der Waals surface area contributed by atoms with E-state index in [4.69, 9.17) is 0 Å². The molecule has 0 unspecified atom stereocenters. The maximum absolute atomic E-state index is 3.40. The highest BCUT2D eigenvalue weighted by Gasteiger charge is 2.26. The van der Waals surface area contributed by atoms with E-state index in [0.717, 1.165) is 12.6 Å². The van der Waals surface area contributed by atoms with Crippen LogP contribution in [-0.4, -0.2) is 31.2 Å². The van der Waals surface area contributed by atoms with Crippen LogP contribution in [0.15, 0.2) is 0 Å². The van der Waals surface area contributed by atoms with E-state index in [-0.39, 0.29) is 0 Å². The fraction of sp³-hybridized carbons (Fsp3) is 1.00. The molecule has 3 heterocycles. The molecule has 0 radical (unpaired) electrons. The normalized spacial score (nSPS) is 42.7. The van der Waals surface area contributed by atoms with E-state index in [1.165, 1.54) is 32.5 Å². The van der Waals surface area contributed by atoms with Crippen molar-refractivity contribution in [2.24, 2.45) is 5.92 Å². The molecule has 3 aliphatic rings. The van der Waals surface area contributed by atoms with Crippen LogP contribution in [-0.2, 0) is 0 Å². The van der Waals surface area contributed by atoms with Crippen LogP contribution in [0.5, 0.6) is 0 Å². The smallest absolute Gasteiger partial charge is 0.0480 e. The fourth-order valence-electron chi connectivity index (χ4n) is 1.74. The van der Waals surface area contributed by atoms with E-state index in [1.807, 2.05) is 0 Å². The summed E-state index contributed by atoms with van der Waals surface area (Å²) in [5.74, 6) is 1.05. The zero-order valence-corrected chi connectivity index (χ0v) is 5.77. The Hall–Kier alpha value is -0.0800. The molecule has 3 saturated heterocycles. The van der Waals surface area contributed by atoms with Crippen molar-refractivity contribution in [3.05, 3.63) is 0 Å². The highest BCUT2D eigenvalue weighted by atomic mass is 15.3. The molecule has 52 valence electrons. The maximum atomic E-state index is 3.40. The highest BCUT2D eigenvalue weighted by molar-refractivity contribution is 4.80. The molecular weight excluding hydrogens is 112 g/mol. The van der Waals surface area contributed by atoms with Crippen molar-refractivity contribution in [3.8, 4) is 0 Å². The van der Waals surface area contributed by atoms with Gasteiger partial charge in [0.05, 0.1) is 0 Å². The molecule has 0 aromatic carbocycles. The second-order valence-electron chi connectivity index (χ2n) is 3.20. The second kappa shape index (κ2) is 2.27. The van der Waals surface area contributed by atoms with Crippen molar-refractivity contribution in [3.63, 3.8) is 0 Å². The first-order chi connectivity index (χ1) is 4.45. The minimum atomic E-state index is 1.05. The Morgan fingerprint density at radius 3 is 3.11 bits per heavy atom. The van der Waals surface area contributed by atoms with Crippen LogP contribution in [0.1, 0.15) is 12.8 Å². The van der Waals surface area contributed by atoms with Crippen molar-refractivity contribution in [2.75, 3.05) is 26.3 Å². The molecule has 0 atom stereocenters. The molecule has 0 saturated carbocycles. The Morgan fingerprint density at radius 2 is 2.22 bits per heavy atom. The van der Waals surface area contributed by atoms with Crippen LogP contribution in [0.25, 0.3) is 0 Å². The molecule has 0 spiro atoms. The first-order valence-electron chi connectivity index (χ1n) is 3.88. The fourth-order valence-corrected chi connectivity index (χ4v) is 1.74. The molecule has 2 bridgehead atoms. The van der Waals surface area contributed by atoms with Crippen LogP contribution in [0.4, 0.5) is 0 Å². The average Bonchev–Trinajstić information content (AvgIpc) is 1.54. The summed E-state index contributed by atoms with van der Waals surface area (Å²) in [7, 11) is 0. The van der Waals surface area contributed by atoms with Gasteiger partial charge in [0.2, 0.25) is 0 Å². The molecule has 0 aromatic heterocycles. The summed E-state index contributed by atoms with van der Waals surface area (Å²) in [6.45, 7) is 5.07. The van der Waals surface area contributed by atoms with Crippen molar-refractivity contribution in [2.45, 2.75) is 12.8 Å².